The van der Waals surface area contributed by atoms with E-state index in [2.05, 4.69) is 9.72 Å². The molecule has 1 aromatic heterocycles. The summed E-state index contributed by atoms with van der Waals surface area (Å²) in [5.41, 5.74) is -0.931. The van der Waals surface area contributed by atoms with Crippen molar-refractivity contribution in [2.24, 2.45) is 11.1 Å². The lowest BCUT2D eigenvalue weighted by atomic mass is 10.1. The van der Waals surface area contributed by atoms with E-state index >= 15 is 0 Å². The van der Waals surface area contributed by atoms with Crippen LogP contribution in [0.4, 0.5) is 35.2 Å². The van der Waals surface area contributed by atoms with Crippen molar-refractivity contribution in [3.63, 3.8) is 0 Å². The van der Waals surface area contributed by atoms with Crippen LogP contribution in [-0.4, -0.2) is 37.2 Å². The van der Waals surface area contributed by atoms with Gasteiger partial charge in [0.05, 0.1) is 11.4 Å². The molecule has 2 aliphatic rings. The summed E-state index contributed by atoms with van der Waals surface area (Å²) >= 11 is 0. The van der Waals surface area contributed by atoms with Crippen LogP contribution in [0.3, 0.4) is 0 Å². The molecule has 1 aromatic carbocycles. The van der Waals surface area contributed by atoms with E-state index in [1.165, 1.54) is 35.4 Å². The number of rotatable bonds is 5. The predicted octanol–water partition coefficient (Wildman–Crippen LogP) is 2.35. The maximum Gasteiger partial charge on any atom is 0.573 e. The fourth-order valence-corrected chi connectivity index (χ4v) is 4.19. The first-order valence-electron chi connectivity index (χ1n) is 9.13. The second-order valence-electron chi connectivity index (χ2n) is 7.38. The van der Waals surface area contributed by atoms with Crippen LogP contribution in [0, 0.1) is 5.92 Å². The van der Waals surface area contributed by atoms with Gasteiger partial charge in [-0.3, -0.25) is 14.4 Å². The Morgan fingerprint density at radius 1 is 1.19 bits per heavy atom. The summed E-state index contributed by atoms with van der Waals surface area (Å²) in [4.78, 5) is 32.4. The summed E-state index contributed by atoms with van der Waals surface area (Å²) in [6.07, 6.45) is -3.29. The third-order valence-electron chi connectivity index (χ3n) is 5.20. The number of aromatic nitrogens is 1. The Morgan fingerprint density at radius 3 is 2.34 bits per heavy atom. The number of anilines is 3. The lowest BCUT2D eigenvalue weighted by Crippen LogP contribution is -2.39. The van der Waals surface area contributed by atoms with Gasteiger partial charge < -0.3 is 4.74 Å². The smallest absolute Gasteiger partial charge is 0.406 e. The minimum Gasteiger partial charge on any atom is -0.406 e. The van der Waals surface area contributed by atoms with E-state index in [1.807, 2.05) is 4.72 Å². The SMILES string of the molecule is CC1CC12C(=O)N(c1ccc(OC(F)(F)F)cc1)C(=O)N2c1ccnc(NS(N)(=O)=O)c1. The molecule has 3 N–H and O–H groups in total. The van der Waals surface area contributed by atoms with Gasteiger partial charge in [-0.1, -0.05) is 6.92 Å². The summed E-state index contributed by atoms with van der Waals surface area (Å²) < 4.78 is 65.6. The number of ether oxygens (including phenoxy) is 1. The number of urea groups is 1. The van der Waals surface area contributed by atoms with Crippen LogP contribution in [0.5, 0.6) is 5.75 Å². The fraction of sp³-hybridized carbons (Fsp3) is 0.278. The molecular weight excluding hydrogens is 455 g/mol. The predicted molar refractivity (Wildman–Crippen MR) is 106 cm³/mol. The minimum absolute atomic E-state index is 0.0624. The summed E-state index contributed by atoms with van der Waals surface area (Å²) in [5, 5.41) is 4.95. The molecule has 170 valence electrons. The number of carbonyl (C=O) groups is 2. The van der Waals surface area contributed by atoms with Crippen LogP contribution in [0.1, 0.15) is 13.3 Å². The number of nitrogens with two attached hydrogens (primary N) is 1. The van der Waals surface area contributed by atoms with Gasteiger partial charge in [0.2, 0.25) is 0 Å². The van der Waals surface area contributed by atoms with Gasteiger partial charge >= 0.3 is 12.4 Å². The molecule has 14 heteroatoms. The number of amides is 3. The molecule has 10 nitrogen and oxygen atoms in total. The summed E-state index contributed by atoms with van der Waals surface area (Å²) in [6.45, 7) is 1.77. The highest BCUT2D eigenvalue weighted by atomic mass is 32.2. The third-order valence-corrected chi connectivity index (χ3v) is 5.70. The largest absolute Gasteiger partial charge is 0.573 e. The highest BCUT2D eigenvalue weighted by molar-refractivity contribution is 7.90. The van der Waals surface area contributed by atoms with E-state index in [4.69, 9.17) is 5.14 Å². The third kappa shape index (κ3) is 3.82. The first-order chi connectivity index (χ1) is 14.8. The zero-order valence-electron chi connectivity index (χ0n) is 16.3. The van der Waals surface area contributed by atoms with E-state index in [9.17, 15) is 31.2 Å². The van der Waals surface area contributed by atoms with Gasteiger partial charge in [0, 0.05) is 12.3 Å². The lowest BCUT2D eigenvalue weighted by molar-refractivity contribution is -0.274. The van der Waals surface area contributed by atoms with Crippen molar-refractivity contribution in [3.8, 4) is 5.75 Å². The number of hydrogen-bond acceptors (Lipinski definition) is 6. The first kappa shape index (κ1) is 21.8. The molecule has 1 saturated carbocycles. The number of carbonyl (C=O) groups excluding carboxylic acids is 2. The molecule has 1 aliphatic heterocycles. The van der Waals surface area contributed by atoms with E-state index < -0.39 is 39.8 Å². The van der Waals surface area contributed by atoms with Crippen molar-refractivity contribution in [2.75, 3.05) is 14.5 Å². The molecule has 2 heterocycles. The topological polar surface area (TPSA) is 135 Å². The molecule has 2 fully saturated rings. The fourth-order valence-electron chi connectivity index (χ4n) is 3.79. The van der Waals surface area contributed by atoms with E-state index in [0.29, 0.717) is 6.42 Å². The van der Waals surface area contributed by atoms with Crippen molar-refractivity contribution < 1.29 is 35.9 Å². The van der Waals surface area contributed by atoms with Gasteiger partial charge in [-0.25, -0.2) is 19.8 Å². The number of pyridine rings is 1. The molecule has 2 atom stereocenters. The second-order valence-corrected chi connectivity index (χ2v) is 8.67. The van der Waals surface area contributed by atoms with Crippen LogP contribution in [-0.2, 0) is 15.0 Å². The van der Waals surface area contributed by atoms with Gasteiger partial charge in [0.15, 0.2) is 0 Å². The molecule has 4 rings (SSSR count). The van der Waals surface area contributed by atoms with E-state index in [1.54, 1.807) is 6.92 Å². The highest BCUT2D eigenvalue weighted by Crippen LogP contribution is 2.55. The van der Waals surface area contributed by atoms with Gasteiger partial charge in [-0.15, -0.1) is 13.2 Å². The molecule has 2 unspecified atom stereocenters. The number of imide groups is 1. The Bertz CT molecular complexity index is 1200. The molecule has 3 amide bonds. The van der Waals surface area contributed by atoms with Crippen molar-refractivity contribution >= 4 is 39.3 Å². The molecule has 2 aromatic rings. The average Bonchev–Trinajstić information content (AvgIpc) is 3.26. The van der Waals surface area contributed by atoms with Gasteiger partial charge in [-0.2, -0.15) is 8.42 Å². The van der Waals surface area contributed by atoms with E-state index in [0.717, 1.165) is 17.0 Å². The van der Waals surface area contributed by atoms with Crippen LogP contribution < -0.4 is 24.4 Å². The van der Waals surface area contributed by atoms with Gasteiger partial charge in [0.1, 0.15) is 17.1 Å². The lowest BCUT2D eigenvalue weighted by Gasteiger charge is -2.22. The summed E-state index contributed by atoms with van der Waals surface area (Å²) in [7, 11) is -4.12. The van der Waals surface area contributed by atoms with Crippen LogP contribution in [0.15, 0.2) is 42.6 Å². The van der Waals surface area contributed by atoms with Crippen molar-refractivity contribution in [1.82, 2.24) is 4.98 Å². The zero-order valence-corrected chi connectivity index (χ0v) is 17.1. The molecular formula is C18H16F3N5O5S. The molecule has 0 radical (unpaired) electrons. The van der Waals surface area contributed by atoms with Crippen molar-refractivity contribution in [2.45, 2.75) is 25.2 Å². The number of nitrogens with zero attached hydrogens (tertiary/aromatic N) is 3. The van der Waals surface area contributed by atoms with Crippen LogP contribution >= 0.6 is 0 Å². The number of benzene rings is 1. The second kappa shape index (κ2) is 7.06. The van der Waals surface area contributed by atoms with Crippen LogP contribution in [0.2, 0.25) is 0 Å². The Labute approximate surface area is 179 Å². The maximum atomic E-state index is 13.3. The standard InChI is InChI=1S/C18H16F3N5O5S/c1-10-9-17(10)15(27)25(11-2-4-13(5-3-11)31-18(19,20)21)16(28)26(17)12-6-7-23-14(8-12)24-32(22,29)30/h2-8,10H,9H2,1H3,(H,23,24)(H2,22,29,30). The molecule has 1 saturated heterocycles. The number of halogens is 3. The number of hydrogen-bond donors (Lipinski definition) is 2. The summed E-state index contributed by atoms with van der Waals surface area (Å²) in [5.74, 6) is -1.41. The molecule has 1 aliphatic carbocycles. The Balaban J connectivity index is 1.69. The quantitative estimate of drug-likeness (QED) is 0.643. The van der Waals surface area contributed by atoms with Crippen molar-refractivity contribution in [3.05, 3.63) is 42.6 Å². The van der Waals surface area contributed by atoms with Crippen LogP contribution in [0.25, 0.3) is 0 Å². The Hall–Kier alpha value is -3.39. The Kier molecular flexibility index (Phi) is 4.82. The van der Waals surface area contributed by atoms with E-state index in [-0.39, 0.29) is 23.1 Å². The zero-order chi connectivity index (χ0) is 23.5. The van der Waals surface area contributed by atoms with Gasteiger partial charge in [-0.05, 0) is 42.7 Å². The maximum absolute atomic E-state index is 13.3. The number of alkyl halides is 3. The number of nitrogens with one attached hydrogen (secondary N) is 1. The Morgan fingerprint density at radius 2 is 1.81 bits per heavy atom. The molecule has 1 spiro atoms. The van der Waals surface area contributed by atoms with Gasteiger partial charge in [0.25, 0.3) is 16.1 Å². The molecule has 32 heavy (non-hydrogen) atoms. The average molecular weight is 471 g/mol. The monoisotopic (exact) mass is 471 g/mol. The van der Waals surface area contributed by atoms with Crippen molar-refractivity contribution in [1.29, 1.82) is 0 Å². The normalized spacial score (nSPS) is 23.1. The molecule has 0 bridgehead atoms. The summed E-state index contributed by atoms with van der Waals surface area (Å²) in [6, 6.07) is 6.27. The minimum atomic E-state index is -4.88. The first-order valence-corrected chi connectivity index (χ1v) is 10.7. The highest BCUT2D eigenvalue weighted by Gasteiger charge is 2.70.